The molecule has 0 bridgehead atoms. The van der Waals surface area contributed by atoms with Gasteiger partial charge in [0.05, 0.1) is 19.4 Å². The lowest BCUT2D eigenvalue weighted by Crippen LogP contribution is -2.39. The van der Waals surface area contributed by atoms with Crippen LogP contribution in [-0.2, 0) is 5.60 Å². The third-order valence-corrected chi connectivity index (χ3v) is 3.84. The summed E-state index contributed by atoms with van der Waals surface area (Å²) in [5.74, 6) is 2.05. The fourth-order valence-electron chi connectivity index (χ4n) is 2.34. The van der Waals surface area contributed by atoms with E-state index in [-0.39, 0.29) is 30.5 Å². The average Bonchev–Trinajstić information content (AvgIpc) is 3.16. The van der Waals surface area contributed by atoms with Crippen LogP contribution in [-0.4, -0.2) is 37.3 Å². The summed E-state index contributed by atoms with van der Waals surface area (Å²) in [5, 5.41) is 16.9. The fraction of sp³-hybridized carbons (Fsp3) is 0.450. The number of nitrogens with zero attached hydrogens (tertiary/aromatic N) is 1. The Kier molecular flexibility index (Phi) is 10.2. The number of benzene rings is 1. The molecule has 0 aliphatic carbocycles. The normalized spacial score (nSPS) is 13.4. The number of aryl methyl sites for hydroxylation is 1. The Bertz CT molecular complexity index is 670. The summed E-state index contributed by atoms with van der Waals surface area (Å²) in [6.45, 7) is 8.04. The highest BCUT2D eigenvalue weighted by molar-refractivity contribution is 14.0. The highest BCUT2D eigenvalue weighted by Crippen LogP contribution is 2.21. The number of guanidine groups is 1. The minimum absolute atomic E-state index is 0. The van der Waals surface area contributed by atoms with Crippen LogP contribution < -0.4 is 15.4 Å². The van der Waals surface area contributed by atoms with Gasteiger partial charge in [0.25, 0.3) is 0 Å². The molecule has 0 fully saturated rings. The van der Waals surface area contributed by atoms with Gasteiger partial charge in [-0.1, -0.05) is 17.7 Å². The van der Waals surface area contributed by atoms with Gasteiger partial charge in [-0.2, -0.15) is 0 Å². The predicted octanol–water partition coefficient (Wildman–Crippen LogP) is 3.44. The Morgan fingerprint density at radius 2 is 1.96 bits per heavy atom. The van der Waals surface area contributed by atoms with Gasteiger partial charge in [0, 0.05) is 13.1 Å². The lowest BCUT2D eigenvalue weighted by Gasteiger charge is -2.19. The highest BCUT2D eigenvalue weighted by atomic mass is 127. The van der Waals surface area contributed by atoms with Gasteiger partial charge >= 0.3 is 0 Å². The molecule has 1 heterocycles. The van der Waals surface area contributed by atoms with E-state index in [0.717, 1.165) is 25.3 Å². The highest BCUT2D eigenvalue weighted by Gasteiger charge is 2.25. The molecule has 1 unspecified atom stereocenters. The Morgan fingerprint density at radius 3 is 2.59 bits per heavy atom. The van der Waals surface area contributed by atoms with Crippen molar-refractivity contribution in [2.45, 2.75) is 32.8 Å². The van der Waals surface area contributed by atoms with Crippen molar-refractivity contribution >= 4 is 29.9 Å². The molecule has 1 aromatic heterocycles. The number of aliphatic imine (C=N–C) groups is 1. The zero-order chi connectivity index (χ0) is 18.8. The second-order valence-corrected chi connectivity index (χ2v) is 6.39. The van der Waals surface area contributed by atoms with E-state index >= 15 is 0 Å². The quantitative estimate of drug-likeness (QED) is 0.219. The zero-order valence-corrected chi connectivity index (χ0v) is 18.5. The van der Waals surface area contributed by atoms with E-state index in [9.17, 15) is 5.11 Å². The summed E-state index contributed by atoms with van der Waals surface area (Å²) < 4.78 is 11.0. The Morgan fingerprint density at radius 1 is 1.22 bits per heavy atom. The topological polar surface area (TPSA) is 79.0 Å². The van der Waals surface area contributed by atoms with Crippen molar-refractivity contribution < 1.29 is 14.3 Å². The molecular formula is C20H30IN3O3. The molecule has 27 heavy (non-hydrogen) atoms. The number of hydrogen-bond donors (Lipinski definition) is 3. The van der Waals surface area contributed by atoms with Crippen molar-refractivity contribution in [2.75, 3.05) is 26.2 Å². The van der Waals surface area contributed by atoms with Crippen LogP contribution >= 0.6 is 24.0 Å². The molecule has 0 radical (unpaired) electrons. The van der Waals surface area contributed by atoms with Gasteiger partial charge in [0.1, 0.15) is 17.1 Å². The first kappa shape index (κ1) is 23.3. The van der Waals surface area contributed by atoms with Crippen LogP contribution in [0.25, 0.3) is 0 Å². The first-order valence-corrected chi connectivity index (χ1v) is 8.99. The van der Waals surface area contributed by atoms with Gasteiger partial charge in [-0.3, -0.25) is 0 Å². The van der Waals surface area contributed by atoms with Crippen LogP contribution in [0.4, 0.5) is 0 Å². The van der Waals surface area contributed by atoms with E-state index in [1.807, 2.05) is 31.2 Å². The second kappa shape index (κ2) is 11.9. The number of hydrogen-bond acceptors (Lipinski definition) is 4. The Labute approximate surface area is 178 Å². The molecular weight excluding hydrogens is 457 g/mol. The molecule has 7 heteroatoms. The van der Waals surface area contributed by atoms with Crippen LogP contribution in [0, 0.1) is 6.92 Å². The van der Waals surface area contributed by atoms with Gasteiger partial charge in [-0.05, 0) is 51.5 Å². The molecule has 0 saturated carbocycles. The van der Waals surface area contributed by atoms with Crippen LogP contribution in [0.2, 0.25) is 0 Å². The summed E-state index contributed by atoms with van der Waals surface area (Å²) >= 11 is 0. The molecule has 6 nitrogen and oxygen atoms in total. The van der Waals surface area contributed by atoms with Crippen molar-refractivity contribution in [3.05, 3.63) is 54.0 Å². The lowest BCUT2D eigenvalue weighted by molar-refractivity contribution is 0.0437. The summed E-state index contributed by atoms with van der Waals surface area (Å²) in [4.78, 5) is 4.45. The molecule has 0 aliphatic heterocycles. The SMILES string of the molecule is CCNC(=NCC(C)(O)c1ccco1)NCCCOc1ccc(C)cc1.I. The standard InChI is InChI=1S/C20H29N3O3.HI/c1-4-21-19(23-15-20(3,24)18-7-5-13-26-18)22-12-6-14-25-17-10-8-16(2)9-11-17;/h5,7-11,13,24H,4,6,12,14-15H2,1-3H3,(H2,21,22,23);1H. The van der Waals surface area contributed by atoms with Gasteiger partial charge < -0.3 is 24.9 Å². The summed E-state index contributed by atoms with van der Waals surface area (Å²) in [7, 11) is 0. The Hall–Kier alpha value is -1.74. The molecule has 2 rings (SSSR count). The number of nitrogens with one attached hydrogen (secondary N) is 2. The van der Waals surface area contributed by atoms with Crippen LogP contribution in [0.15, 0.2) is 52.1 Å². The van der Waals surface area contributed by atoms with E-state index < -0.39 is 5.60 Å². The summed E-state index contributed by atoms with van der Waals surface area (Å²) in [6.07, 6.45) is 2.39. The lowest BCUT2D eigenvalue weighted by atomic mass is 10.0. The molecule has 0 saturated heterocycles. The second-order valence-electron chi connectivity index (χ2n) is 6.39. The van der Waals surface area contributed by atoms with Gasteiger partial charge in [0.15, 0.2) is 5.96 Å². The number of ether oxygens (including phenoxy) is 1. The van der Waals surface area contributed by atoms with Crippen molar-refractivity contribution in [3.8, 4) is 5.75 Å². The smallest absolute Gasteiger partial charge is 0.191 e. The maximum atomic E-state index is 10.5. The molecule has 2 aromatic rings. The zero-order valence-electron chi connectivity index (χ0n) is 16.2. The maximum Gasteiger partial charge on any atom is 0.191 e. The van der Waals surface area contributed by atoms with Gasteiger partial charge in [-0.15, -0.1) is 24.0 Å². The first-order chi connectivity index (χ1) is 12.5. The molecule has 3 N–H and O–H groups in total. The van der Waals surface area contributed by atoms with Gasteiger partial charge in [0.2, 0.25) is 0 Å². The third-order valence-electron chi connectivity index (χ3n) is 3.84. The molecule has 1 atom stereocenters. The minimum Gasteiger partial charge on any atom is -0.494 e. The van der Waals surface area contributed by atoms with Crippen molar-refractivity contribution in [2.24, 2.45) is 4.99 Å². The van der Waals surface area contributed by atoms with Crippen LogP contribution in [0.3, 0.4) is 0 Å². The fourth-order valence-corrected chi connectivity index (χ4v) is 2.34. The summed E-state index contributed by atoms with van der Waals surface area (Å²) in [5.41, 5.74) is 0.0800. The largest absolute Gasteiger partial charge is 0.494 e. The van der Waals surface area contributed by atoms with Crippen molar-refractivity contribution in [1.29, 1.82) is 0 Å². The number of aliphatic hydroxyl groups is 1. The average molecular weight is 487 g/mol. The first-order valence-electron chi connectivity index (χ1n) is 8.99. The number of rotatable bonds is 9. The summed E-state index contributed by atoms with van der Waals surface area (Å²) in [6, 6.07) is 11.5. The number of furan rings is 1. The van der Waals surface area contributed by atoms with Crippen LogP contribution in [0.1, 0.15) is 31.6 Å². The molecule has 0 amide bonds. The number of halogens is 1. The van der Waals surface area contributed by atoms with E-state index in [1.165, 1.54) is 5.56 Å². The molecule has 0 spiro atoms. The van der Waals surface area contributed by atoms with Crippen molar-refractivity contribution in [1.82, 2.24) is 10.6 Å². The van der Waals surface area contributed by atoms with Gasteiger partial charge in [-0.25, -0.2) is 4.99 Å². The monoisotopic (exact) mass is 487 g/mol. The van der Waals surface area contributed by atoms with E-state index in [1.54, 1.807) is 25.3 Å². The van der Waals surface area contributed by atoms with E-state index in [0.29, 0.717) is 18.3 Å². The third kappa shape index (κ3) is 8.21. The molecule has 0 aliphatic rings. The van der Waals surface area contributed by atoms with Crippen LogP contribution in [0.5, 0.6) is 5.75 Å². The molecule has 150 valence electrons. The van der Waals surface area contributed by atoms with E-state index in [2.05, 4.69) is 22.5 Å². The predicted molar refractivity (Wildman–Crippen MR) is 119 cm³/mol. The Balaban J connectivity index is 0.00000364. The minimum atomic E-state index is -1.14. The molecule has 1 aromatic carbocycles. The van der Waals surface area contributed by atoms with Crippen molar-refractivity contribution in [3.63, 3.8) is 0 Å². The maximum absolute atomic E-state index is 10.5. The van der Waals surface area contributed by atoms with E-state index in [4.69, 9.17) is 9.15 Å².